The average molecular weight is 280 g/mol. The molecule has 20 heavy (non-hydrogen) atoms. The van der Waals surface area contributed by atoms with Crippen LogP contribution in [-0.4, -0.2) is 37.1 Å². The molecular weight excluding hydrogens is 244 g/mol. The molecule has 0 atom stereocenters. The highest BCUT2D eigenvalue weighted by Crippen LogP contribution is 2.36. The van der Waals surface area contributed by atoms with E-state index in [9.17, 15) is 0 Å². The molecule has 0 heterocycles. The molecule has 2 saturated carbocycles. The van der Waals surface area contributed by atoms with Crippen molar-refractivity contribution in [2.45, 2.75) is 84.2 Å². The Kier molecular flexibility index (Phi) is 5.92. The molecule has 0 aromatic rings. The number of hydrogen-bond donors (Lipinski definition) is 1. The Morgan fingerprint density at radius 3 is 2.20 bits per heavy atom. The average Bonchev–Trinajstić information content (AvgIpc) is 2.41. The van der Waals surface area contributed by atoms with Crippen LogP contribution in [0.5, 0.6) is 0 Å². The second-order valence-corrected chi connectivity index (χ2v) is 8.29. The highest BCUT2D eigenvalue weighted by Gasteiger charge is 2.28. The molecule has 0 saturated heterocycles. The minimum atomic E-state index is 0.592. The van der Waals surface area contributed by atoms with Crippen molar-refractivity contribution in [3.8, 4) is 0 Å². The Morgan fingerprint density at radius 2 is 1.60 bits per heavy atom. The standard InChI is InChI=1S/C18H36N2/c1-15-5-7-16(8-6-15)19-13-14-20(4)17-9-11-18(2,3)12-10-17/h15-17,19H,5-14H2,1-4H3. The molecule has 2 aliphatic carbocycles. The second kappa shape index (κ2) is 7.26. The quantitative estimate of drug-likeness (QED) is 0.817. The van der Waals surface area contributed by atoms with E-state index >= 15 is 0 Å². The third-order valence-corrected chi connectivity index (χ3v) is 5.85. The summed E-state index contributed by atoms with van der Waals surface area (Å²) in [5.74, 6) is 0.960. The van der Waals surface area contributed by atoms with Gasteiger partial charge in [0.05, 0.1) is 0 Å². The highest BCUT2D eigenvalue weighted by molar-refractivity contribution is 4.83. The van der Waals surface area contributed by atoms with Gasteiger partial charge in [-0.15, -0.1) is 0 Å². The van der Waals surface area contributed by atoms with Gasteiger partial charge < -0.3 is 10.2 Å². The van der Waals surface area contributed by atoms with E-state index in [1.807, 2.05) is 0 Å². The summed E-state index contributed by atoms with van der Waals surface area (Å²) in [6.07, 6.45) is 11.2. The summed E-state index contributed by atoms with van der Waals surface area (Å²) in [6.45, 7) is 9.64. The van der Waals surface area contributed by atoms with Gasteiger partial charge in [-0.3, -0.25) is 0 Å². The summed E-state index contributed by atoms with van der Waals surface area (Å²) >= 11 is 0. The lowest BCUT2D eigenvalue weighted by Crippen LogP contribution is -2.42. The maximum absolute atomic E-state index is 3.79. The van der Waals surface area contributed by atoms with E-state index in [0.29, 0.717) is 5.41 Å². The maximum atomic E-state index is 3.79. The van der Waals surface area contributed by atoms with Gasteiger partial charge in [0.25, 0.3) is 0 Å². The molecular formula is C18H36N2. The maximum Gasteiger partial charge on any atom is 0.0107 e. The lowest BCUT2D eigenvalue weighted by atomic mass is 9.75. The number of nitrogens with zero attached hydrogens (tertiary/aromatic N) is 1. The Morgan fingerprint density at radius 1 is 1.00 bits per heavy atom. The molecule has 118 valence electrons. The molecule has 2 rings (SSSR count). The van der Waals surface area contributed by atoms with E-state index in [2.05, 4.69) is 38.0 Å². The minimum absolute atomic E-state index is 0.592. The zero-order chi connectivity index (χ0) is 14.6. The van der Waals surface area contributed by atoms with Gasteiger partial charge in [0.15, 0.2) is 0 Å². The van der Waals surface area contributed by atoms with Gasteiger partial charge in [-0.25, -0.2) is 0 Å². The van der Waals surface area contributed by atoms with Gasteiger partial charge in [0, 0.05) is 25.2 Å². The molecule has 1 N–H and O–H groups in total. The summed E-state index contributed by atoms with van der Waals surface area (Å²) in [4.78, 5) is 2.60. The fraction of sp³-hybridized carbons (Fsp3) is 1.00. The number of likely N-dealkylation sites (N-methyl/N-ethyl adjacent to an activating group) is 1. The first kappa shape index (κ1) is 16.3. The molecule has 2 fully saturated rings. The molecule has 0 aromatic carbocycles. The van der Waals surface area contributed by atoms with Crippen LogP contribution in [0.2, 0.25) is 0 Å². The number of rotatable bonds is 5. The van der Waals surface area contributed by atoms with Crippen molar-refractivity contribution in [1.82, 2.24) is 10.2 Å². The third-order valence-electron chi connectivity index (χ3n) is 5.85. The van der Waals surface area contributed by atoms with Crippen LogP contribution in [-0.2, 0) is 0 Å². The van der Waals surface area contributed by atoms with Gasteiger partial charge in [0.1, 0.15) is 0 Å². The monoisotopic (exact) mass is 280 g/mol. The highest BCUT2D eigenvalue weighted by atomic mass is 15.1. The molecule has 0 amide bonds. The Bertz CT molecular complexity index is 269. The summed E-state index contributed by atoms with van der Waals surface area (Å²) < 4.78 is 0. The predicted molar refractivity (Wildman–Crippen MR) is 88.1 cm³/mol. The van der Waals surface area contributed by atoms with Gasteiger partial charge in [-0.2, -0.15) is 0 Å². The van der Waals surface area contributed by atoms with Crippen LogP contribution in [0.3, 0.4) is 0 Å². The number of nitrogens with one attached hydrogen (secondary N) is 1. The summed E-state index contributed by atoms with van der Waals surface area (Å²) in [6, 6.07) is 1.63. The third kappa shape index (κ3) is 5.04. The molecule has 0 spiro atoms. The van der Waals surface area contributed by atoms with Crippen molar-refractivity contribution in [2.75, 3.05) is 20.1 Å². The normalized spacial score (nSPS) is 31.6. The van der Waals surface area contributed by atoms with Crippen LogP contribution in [0.1, 0.15) is 72.1 Å². The fourth-order valence-electron chi connectivity index (χ4n) is 3.92. The first-order chi connectivity index (χ1) is 9.46. The Labute approximate surface area is 126 Å². The second-order valence-electron chi connectivity index (χ2n) is 8.29. The fourth-order valence-corrected chi connectivity index (χ4v) is 3.92. The smallest absolute Gasteiger partial charge is 0.0107 e. The summed E-state index contributed by atoms with van der Waals surface area (Å²) in [5.41, 5.74) is 0.592. The SMILES string of the molecule is CC1CCC(NCCN(C)C2CCC(C)(C)CC2)CC1. The van der Waals surface area contributed by atoms with E-state index in [1.165, 1.54) is 64.5 Å². The Balaban J connectivity index is 1.59. The zero-order valence-electron chi connectivity index (χ0n) is 14.3. The first-order valence-electron chi connectivity index (χ1n) is 8.90. The van der Waals surface area contributed by atoms with Gasteiger partial charge in [-0.1, -0.05) is 20.8 Å². The molecule has 0 radical (unpaired) electrons. The van der Waals surface area contributed by atoms with E-state index < -0.39 is 0 Å². The molecule has 2 aliphatic rings. The predicted octanol–water partition coefficient (Wildman–Crippen LogP) is 4.06. The summed E-state index contributed by atoms with van der Waals surface area (Å²) in [5, 5.41) is 3.79. The Hall–Kier alpha value is -0.0800. The minimum Gasteiger partial charge on any atom is -0.313 e. The van der Waals surface area contributed by atoms with E-state index in [0.717, 1.165) is 18.0 Å². The van der Waals surface area contributed by atoms with Crippen LogP contribution >= 0.6 is 0 Å². The molecule has 2 heteroatoms. The van der Waals surface area contributed by atoms with Gasteiger partial charge >= 0.3 is 0 Å². The van der Waals surface area contributed by atoms with E-state index in [1.54, 1.807) is 0 Å². The van der Waals surface area contributed by atoms with Crippen LogP contribution in [0, 0.1) is 11.3 Å². The summed E-state index contributed by atoms with van der Waals surface area (Å²) in [7, 11) is 2.33. The van der Waals surface area contributed by atoms with Crippen molar-refractivity contribution >= 4 is 0 Å². The van der Waals surface area contributed by atoms with Crippen LogP contribution in [0.15, 0.2) is 0 Å². The van der Waals surface area contributed by atoms with Crippen molar-refractivity contribution in [1.29, 1.82) is 0 Å². The van der Waals surface area contributed by atoms with E-state index in [-0.39, 0.29) is 0 Å². The van der Waals surface area contributed by atoms with Crippen molar-refractivity contribution < 1.29 is 0 Å². The lowest BCUT2D eigenvalue weighted by Gasteiger charge is -2.39. The molecule has 0 bridgehead atoms. The van der Waals surface area contributed by atoms with Crippen molar-refractivity contribution in [3.05, 3.63) is 0 Å². The molecule has 0 aromatic heterocycles. The molecule has 0 aliphatic heterocycles. The zero-order valence-corrected chi connectivity index (χ0v) is 14.3. The topological polar surface area (TPSA) is 15.3 Å². The van der Waals surface area contributed by atoms with Crippen molar-refractivity contribution in [2.24, 2.45) is 11.3 Å². The van der Waals surface area contributed by atoms with Crippen LogP contribution in [0.25, 0.3) is 0 Å². The number of hydrogen-bond acceptors (Lipinski definition) is 2. The van der Waals surface area contributed by atoms with Crippen LogP contribution in [0.4, 0.5) is 0 Å². The molecule has 2 nitrogen and oxygen atoms in total. The van der Waals surface area contributed by atoms with Crippen LogP contribution < -0.4 is 5.32 Å². The van der Waals surface area contributed by atoms with Gasteiger partial charge in [0.2, 0.25) is 0 Å². The van der Waals surface area contributed by atoms with E-state index in [4.69, 9.17) is 0 Å². The first-order valence-corrected chi connectivity index (χ1v) is 8.90. The van der Waals surface area contributed by atoms with Gasteiger partial charge in [-0.05, 0) is 69.7 Å². The largest absolute Gasteiger partial charge is 0.313 e. The lowest BCUT2D eigenvalue weighted by molar-refractivity contribution is 0.126. The molecule has 0 unspecified atom stereocenters. The van der Waals surface area contributed by atoms with Crippen molar-refractivity contribution in [3.63, 3.8) is 0 Å².